The van der Waals surface area contributed by atoms with Crippen LogP contribution < -0.4 is 0 Å². The van der Waals surface area contributed by atoms with E-state index in [2.05, 4.69) is 130 Å². The van der Waals surface area contributed by atoms with Gasteiger partial charge in [0.1, 0.15) is 0 Å². The Balaban J connectivity index is 6.05. The zero-order chi connectivity index (χ0) is 27.6. The molecule has 0 saturated carbocycles. The Morgan fingerprint density at radius 1 is 0.371 bits per heavy atom. The Kier molecular flexibility index (Phi) is 15.0. The minimum absolute atomic E-state index is 0.398. The molecule has 208 valence electrons. The fraction of sp³-hybridized carbons (Fsp3) is 0.931. The quantitative estimate of drug-likeness (QED) is 0.175. The number of hydrogen-bond acceptors (Lipinski definition) is 2. The molecule has 0 aromatic heterocycles. The standard InChI is InChI=1S/C29H62N6/c1-20(2)32(21(3)4)28(33(22(5)6)23(7)8)30-18-17-19-31-29(34(24(9)10)25(11)12)35(26(13)14)27(15)16/h20-27H,17-19H2,1-16H3. The monoisotopic (exact) mass is 495 g/mol. The number of hydrogen-bond donors (Lipinski definition) is 0. The molecule has 0 fully saturated rings. The largest absolute Gasteiger partial charge is 0.338 e. The molecule has 0 aromatic rings. The summed E-state index contributed by atoms with van der Waals surface area (Å²) in [5, 5.41) is 0. The Morgan fingerprint density at radius 3 is 0.686 bits per heavy atom. The third-order valence-corrected chi connectivity index (χ3v) is 6.20. The van der Waals surface area contributed by atoms with Crippen molar-refractivity contribution in [1.82, 2.24) is 19.6 Å². The highest BCUT2D eigenvalue weighted by atomic mass is 15.4. The first-order valence-electron chi connectivity index (χ1n) is 14.3. The van der Waals surface area contributed by atoms with Gasteiger partial charge in [0.25, 0.3) is 0 Å². The van der Waals surface area contributed by atoms with E-state index in [-0.39, 0.29) is 0 Å². The molecule has 6 heteroatoms. The van der Waals surface area contributed by atoms with Crippen molar-refractivity contribution in [1.29, 1.82) is 0 Å². The predicted octanol–water partition coefficient (Wildman–Crippen LogP) is 6.56. The van der Waals surface area contributed by atoms with Crippen molar-refractivity contribution in [2.75, 3.05) is 13.1 Å². The van der Waals surface area contributed by atoms with Crippen LogP contribution in [0.15, 0.2) is 9.98 Å². The van der Waals surface area contributed by atoms with Crippen molar-refractivity contribution in [3.05, 3.63) is 0 Å². The number of guanidine groups is 2. The second kappa shape index (κ2) is 15.6. The lowest BCUT2D eigenvalue weighted by atomic mass is 10.2. The molecule has 0 N–H and O–H groups in total. The maximum atomic E-state index is 5.21. The predicted molar refractivity (Wildman–Crippen MR) is 158 cm³/mol. The Labute approximate surface area is 220 Å². The van der Waals surface area contributed by atoms with Gasteiger partial charge in [0.15, 0.2) is 11.9 Å². The molecule has 0 aliphatic carbocycles. The van der Waals surface area contributed by atoms with Crippen LogP contribution in [0.4, 0.5) is 0 Å². The van der Waals surface area contributed by atoms with Gasteiger partial charge in [0, 0.05) is 61.4 Å². The van der Waals surface area contributed by atoms with Crippen LogP contribution in [0.3, 0.4) is 0 Å². The topological polar surface area (TPSA) is 37.7 Å². The molecule has 35 heavy (non-hydrogen) atoms. The van der Waals surface area contributed by atoms with Gasteiger partial charge in [-0.3, -0.25) is 9.98 Å². The minimum Gasteiger partial charge on any atom is -0.338 e. The zero-order valence-corrected chi connectivity index (χ0v) is 26.4. The average molecular weight is 495 g/mol. The van der Waals surface area contributed by atoms with Gasteiger partial charge < -0.3 is 19.6 Å². The second-order valence-electron chi connectivity index (χ2n) is 12.1. The highest BCUT2D eigenvalue weighted by molar-refractivity contribution is 5.82. The van der Waals surface area contributed by atoms with E-state index in [0.29, 0.717) is 48.3 Å². The summed E-state index contributed by atoms with van der Waals surface area (Å²) < 4.78 is 0. The number of aliphatic imine (C=N–C) groups is 2. The fourth-order valence-corrected chi connectivity index (χ4v) is 5.25. The van der Waals surface area contributed by atoms with Gasteiger partial charge >= 0.3 is 0 Å². The second-order valence-corrected chi connectivity index (χ2v) is 12.1. The van der Waals surface area contributed by atoms with Crippen LogP contribution in [-0.4, -0.2) is 92.9 Å². The van der Waals surface area contributed by atoms with Gasteiger partial charge in [-0.05, 0) is 117 Å². The summed E-state index contributed by atoms with van der Waals surface area (Å²) in [7, 11) is 0. The van der Waals surface area contributed by atoms with Crippen molar-refractivity contribution >= 4 is 11.9 Å². The maximum absolute atomic E-state index is 5.21. The molecule has 0 spiro atoms. The lowest BCUT2D eigenvalue weighted by Gasteiger charge is -2.43. The van der Waals surface area contributed by atoms with E-state index >= 15 is 0 Å². The summed E-state index contributed by atoms with van der Waals surface area (Å²) in [5.74, 6) is 2.25. The van der Waals surface area contributed by atoms with Crippen LogP contribution >= 0.6 is 0 Å². The van der Waals surface area contributed by atoms with Gasteiger partial charge in [-0.15, -0.1) is 0 Å². The molecule has 0 radical (unpaired) electrons. The molecule has 6 nitrogen and oxygen atoms in total. The summed E-state index contributed by atoms with van der Waals surface area (Å²) in [6.07, 6.45) is 0.940. The van der Waals surface area contributed by atoms with Crippen LogP contribution in [0.25, 0.3) is 0 Å². The smallest absolute Gasteiger partial charge is 0.197 e. The van der Waals surface area contributed by atoms with Crippen molar-refractivity contribution in [2.24, 2.45) is 9.98 Å². The first-order valence-corrected chi connectivity index (χ1v) is 14.3. The normalized spacial score (nSPS) is 12.1. The summed E-state index contributed by atoms with van der Waals surface area (Å²) >= 11 is 0. The van der Waals surface area contributed by atoms with Crippen molar-refractivity contribution in [2.45, 2.75) is 166 Å². The molecular weight excluding hydrogens is 432 g/mol. The van der Waals surface area contributed by atoms with E-state index in [1.165, 1.54) is 0 Å². The minimum atomic E-state index is 0.398. The highest BCUT2D eigenvalue weighted by Crippen LogP contribution is 2.17. The zero-order valence-electron chi connectivity index (χ0n) is 26.4. The van der Waals surface area contributed by atoms with Gasteiger partial charge in [-0.1, -0.05) is 0 Å². The molecule has 0 aromatic carbocycles. The first kappa shape index (κ1) is 33.5. The Bertz CT molecular complexity index is 501. The third-order valence-electron chi connectivity index (χ3n) is 6.20. The number of rotatable bonds is 12. The van der Waals surface area contributed by atoms with Crippen LogP contribution in [0.5, 0.6) is 0 Å². The lowest BCUT2D eigenvalue weighted by Crippen LogP contribution is -2.55. The van der Waals surface area contributed by atoms with Crippen LogP contribution in [0.1, 0.15) is 117 Å². The summed E-state index contributed by atoms with van der Waals surface area (Å²) in [5.41, 5.74) is 0. The van der Waals surface area contributed by atoms with Crippen molar-refractivity contribution in [3.63, 3.8) is 0 Å². The molecule has 0 bridgehead atoms. The van der Waals surface area contributed by atoms with Gasteiger partial charge in [-0.25, -0.2) is 0 Å². The van der Waals surface area contributed by atoms with Crippen LogP contribution in [0.2, 0.25) is 0 Å². The van der Waals surface area contributed by atoms with Crippen molar-refractivity contribution in [3.8, 4) is 0 Å². The van der Waals surface area contributed by atoms with Crippen molar-refractivity contribution < 1.29 is 0 Å². The van der Waals surface area contributed by atoms with E-state index in [4.69, 9.17) is 9.98 Å². The average Bonchev–Trinajstić information content (AvgIpc) is 2.64. The maximum Gasteiger partial charge on any atom is 0.197 e. The van der Waals surface area contributed by atoms with E-state index in [1.54, 1.807) is 0 Å². The molecule has 0 atom stereocenters. The molecule has 0 amide bonds. The molecule has 0 rings (SSSR count). The molecule has 0 unspecified atom stereocenters. The SMILES string of the molecule is CC(C)N(C(=NCCCN=C(N(C(C)C)C(C)C)N(C(C)C)C(C)C)N(C(C)C)C(C)C)C(C)C. The van der Waals surface area contributed by atoms with E-state index < -0.39 is 0 Å². The van der Waals surface area contributed by atoms with E-state index in [9.17, 15) is 0 Å². The Hall–Kier alpha value is -1.46. The Morgan fingerprint density at radius 2 is 0.543 bits per heavy atom. The number of nitrogens with zero attached hydrogens (tertiary/aromatic N) is 6. The van der Waals surface area contributed by atoms with Crippen LogP contribution in [0, 0.1) is 0 Å². The molecule has 0 aliphatic heterocycles. The molecule has 0 aliphatic rings. The van der Waals surface area contributed by atoms with Gasteiger partial charge in [-0.2, -0.15) is 0 Å². The van der Waals surface area contributed by atoms with Gasteiger partial charge in [0.05, 0.1) is 0 Å². The summed E-state index contributed by atoms with van der Waals surface area (Å²) in [4.78, 5) is 20.3. The highest BCUT2D eigenvalue weighted by Gasteiger charge is 2.28. The first-order chi connectivity index (χ1) is 16.1. The summed E-state index contributed by atoms with van der Waals surface area (Å²) in [6.45, 7) is 37.8. The van der Waals surface area contributed by atoms with E-state index in [1.807, 2.05) is 0 Å². The van der Waals surface area contributed by atoms with E-state index in [0.717, 1.165) is 31.4 Å². The summed E-state index contributed by atoms with van der Waals surface area (Å²) in [6, 6.07) is 3.18. The van der Waals surface area contributed by atoms with Crippen LogP contribution in [-0.2, 0) is 0 Å². The molecular formula is C29H62N6. The third kappa shape index (κ3) is 10.2. The molecule has 0 heterocycles. The lowest BCUT2D eigenvalue weighted by molar-refractivity contribution is 0.198. The molecule has 0 saturated heterocycles. The van der Waals surface area contributed by atoms with Gasteiger partial charge in [0.2, 0.25) is 0 Å². The fourth-order valence-electron chi connectivity index (χ4n) is 5.25.